The quantitative estimate of drug-likeness (QED) is 0.773. The first-order valence-corrected chi connectivity index (χ1v) is 11.1. The van der Waals surface area contributed by atoms with Crippen LogP contribution in [0.4, 0.5) is 0 Å². The van der Waals surface area contributed by atoms with Gasteiger partial charge < -0.3 is 4.90 Å². The van der Waals surface area contributed by atoms with E-state index in [0.29, 0.717) is 24.4 Å². The first-order chi connectivity index (χ1) is 13.3. The van der Waals surface area contributed by atoms with Crippen molar-refractivity contribution >= 4 is 15.9 Å². The highest BCUT2D eigenvalue weighted by molar-refractivity contribution is 7.89. The Hall–Kier alpha value is -2.18. The van der Waals surface area contributed by atoms with Gasteiger partial charge in [0.25, 0.3) is 0 Å². The molecule has 0 N–H and O–H groups in total. The van der Waals surface area contributed by atoms with Crippen molar-refractivity contribution in [3.05, 3.63) is 65.2 Å². The van der Waals surface area contributed by atoms with Gasteiger partial charge in [-0.15, -0.1) is 0 Å². The highest BCUT2D eigenvalue weighted by atomic mass is 32.2. The van der Waals surface area contributed by atoms with Crippen LogP contribution in [0.5, 0.6) is 0 Å². The summed E-state index contributed by atoms with van der Waals surface area (Å²) in [6.07, 6.45) is 1.41. The Morgan fingerprint density at radius 1 is 1.04 bits per heavy atom. The predicted molar refractivity (Wildman–Crippen MR) is 110 cm³/mol. The Labute approximate surface area is 168 Å². The van der Waals surface area contributed by atoms with E-state index >= 15 is 0 Å². The number of hydrogen-bond donors (Lipinski definition) is 0. The van der Waals surface area contributed by atoms with Crippen LogP contribution in [-0.2, 0) is 21.4 Å². The number of hydrogen-bond acceptors (Lipinski definition) is 3. The Morgan fingerprint density at radius 2 is 1.61 bits per heavy atom. The molecule has 6 heteroatoms. The largest absolute Gasteiger partial charge is 0.341 e. The van der Waals surface area contributed by atoms with E-state index in [1.54, 1.807) is 36.2 Å². The van der Waals surface area contributed by atoms with Crippen LogP contribution >= 0.6 is 0 Å². The lowest BCUT2D eigenvalue weighted by Gasteiger charge is -2.33. The van der Waals surface area contributed by atoms with Crippen molar-refractivity contribution in [2.75, 3.05) is 20.1 Å². The summed E-state index contributed by atoms with van der Waals surface area (Å²) in [4.78, 5) is 14.9. The molecule has 0 bridgehead atoms. The molecular formula is C22H28N2O3S. The van der Waals surface area contributed by atoms with Gasteiger partial charge >= 0.3 is 0 Å². The summed E-state index contributed by atoms with van der Waals surface area (Å²) in [5.41, 5.74) is 3.27. The molecular weight excluding hydrogens is 372 g/mol. The summed E-state index contributed by atoms with van der Waals surface area (Å²) in [5.74, 6) is -0.297. The third-order valence-electron chi connectivity index (χ3n) is 5.31. The molecule has 1 heterocycles. The molecule has 1 saturated heterocycles. The van der Waals surface area contributed by atoms with Crippen LogP contribution in [0.1, 0.15) is 29.5 Å². The van der Waals surface area contributed by atoms with Crippen molar-refractivity contribution in [2.45, 2.75) is 38.1 Å². The third kappa shape index (κ3) is 4.62. The van der Waals surface area contributed by atoms with Gasteiger partial charge in [0.05, 0.1) is 10.8 Å². The van der Waals surface area contributed by atoms with Gasteiger partial charge in [0.15, 0.2) is 0 Å². The van der Waals surface area contributed by atoms with Gasteiger partial charge in [-0.25, -0.2) is 8.42 Å². The molecule has 2 aromatic rings. The normalized spacial score (nSPS) is 18.0. The number of carbonyl (C=O) groups excluding carboxylic acids is 1. The average molecular weight is 401 g/mol. The van der Waals surface area contributed by atoms with Crippen molar-refractivity contribution in [3.63, 3.8) is 0 Å². The molecule has 1 atom stereocenters. The highest BCUT2D eigenvalue weighted by Crippen LogP contribution is 2.25. The van der Waals surface area contributed by atoms with Crippen molar-refractivity contribution in [3.8, 4) is 0 Å². The number of amides is 1. The minimum atomic E-state index is -3.57. The summed E-state index contributed by atoms with van der Waals surface area (Å²) < 4.78 is 27.4. The molecule has 2 aromatic carbocycles. The van der Waals surface area contributed by atoms with Gasteiger partial charge in [-0.3, -0.25) is 4.79 Å². The minimum Gasteiger partial charge on any atom is -0.341 e. The van der Waals surface area contributed by atoms with Crippen molar-refractivity contribution in [1.82, 2.24) is 9.21 Å². The van der Waals surface area contributed by atoms with Crippen LogP contribution in [-0.4, -0.2) is 43.7 Å². The molecule has 1 aliphatic rings. The zero-order valence-corrected chi connectivity index (χ0v) is 17.6. The van der Waals surface area contributed by atoms with E-state index in [1.165, 1.54) is 9.87 Å². The lowest BCUT2D eigenvalue weighted by atomic mass is 9.98. The molecule has 28 heavy (non-hydrogen) atoms. The zero-order chi connectivity index (χ0) is 20.3. The van der Waals surface area contributed by atoms with Gasteiger partial charge in [0.1, 0.15) is 0 Å². The fourth-order valence-corrected chi connectivity index (χ4v) is 5.10. The second kappa shape index (κ2) is 8.45. The number of benzene rings is 2. The van der Waals surface area contributed by atoms with Crippen LogP contribution in [0.15, 0.2) is 53.4 Å². The molecule has 5 nitrogen and oxygen atoms in total. The van der Waals surface area contributed by atoms with E-state index in [-0.39, 0.29) is 18.4 Å². The van der Waals surface area contributed by atoms with Gasteiger partial charge in [-0.05, 0) is 44.4 Å². The number of nitrogens with zero attached hydrogens (tertiary/aromatic N) is 2. The second-order valence-electron chi connectivity index (χ2n) is 7.70. The van der Waals surface area contributed by atoms with Crippen molar-refractivity contribution < 1.29 is 13.2 Å². The van der Waals surface area contributed by atoms with Gasteiger partial charge in [-0.1, -0.05) is 47.5 Å². The standard InChI is InChI=1S/C22H28N2O3S/c1-17-6-10-19(11-7-17)15-23(3)22(25)20-5-4-14-24(16-20)28(26,27)21-12-8-18(2)9-13-21/h6-13,20H,4-5,14-16H2,1-3H3/t20-/m1/s1. The maximum atomic E-state index is 13.0. The number of carbonyl (C=O) groups is 1. The molecule has 0 aliphatic carbocycles. The Morgan fingerprint density at radius 3 is 2.21 bits per heavy atom. The molecule has 0 saturated carbocycles. The minimum absolute atomic E-state index is 0.00406. The van der Waals surface area contributed by atoms with Crippen LogP contribution in [0, 0.1) is 19.8 Å². The van der Waals surface area contributed by atoms with E-state index in [9.17, 15) is 13.2 Å². The topological polar surface area (TPSA) is 57.7 Å². The van der Waals surface area contributed by atoms with E-state index in [2.05, 4.69) is 0 Å². The molecule has 0 aromatic heterocycles. The van der Waals surface area contributed by atoms with Crippen LogP contribution < -0.4 is 0 Å². The molecule has 0 unspecified atom stereocenters. The van der Waals surface area contributed by atoms with E-state index in [1.807, 2.05) is 38.1 Å². The molecule has 1 amide bonds. The van der Waals surface area contributed by atoms with Gasteiger partial charge in [0, 0.05) is 26.7 Å². The highest BCUT2D eigenvalue weighted by Gasteiger charge is 2.34. The fraction of sp³-hybridized carbons (Fsp3) is 0.409. The van der Waals surface area contributed by atoms with E-state index in [4.69, 9.17) is 0 Å². The molecule has 0 spiro atoms. The lowest BCUT2D eigenvalue weighted by molar-refractivity contribution is -0.135. The number of aryl methyl sites for hydroxylation is 2. The Bertz CT molecular complexity index is 921. The summed E-state index contributed by atoms with van der Waals surface area (Å²) in [5, 5.41) is 0. The lowest BCUT2D eigenvalue weighted by Crippen LogP contribution is -2.45. The fourth-order valence-electron chi connectivity index (χ4n) is 3.58. The SMILES string of the molecule is Cc1ccc(CN(C)C(=O)[C@@H]2CCCN(S(=O)(=O)c3ccc(C)cc3)C2)cc1. The van der Waals surface area contributed by atoms with Crippen molar-refractivity contribution in [1.29, 1.82) is 0 Å². The molecule has 1 fully saturated rings. The number of piperidine rings is 1. The maximum absolute atomic E-state index is 13.0. The monoisotopic (exact) mass is 400 g/mol. The summed E-state index contributed by atoms with van der Waals surface area (Å²) in [6.45, 7) is 5.19. The first-order valence-electron chi connectivity index (χ1n) is 9.65. The Balaban J connectivity index is 1.68. The first kappa shape index (κ1) is 20.6. The summed E-state index contributed by atoms with van der Waals surface area (Å²) in [6, 6.07) is 15.0. The van der Waals surface area contributed by atoms with Crippen molar-refractivity contribution in [2.24, 2.45) is 5.92 Å². The summed E-state index contributed by atoms with van der Waals surface area (Å²) >= 11 is 0. The summed E-state index contributed by atoms with van der Waals surface area (Å²) in [7, 11) is -1.78. The smallest absolute Gasteiger partial charge is 0.243 e. The van der Waals surface area contributed by atoms with Crippen LogP contribution in [0.3, 0.4) is 0 Å². The Kier molecular flexibility index (Phi) is 6.20. The average Bonchev–Trinajstić information content (AvgIpc) is 2.69. The molecule has 0 radical (unpaired) electrons. The van der Waals surface area contributed by atoms with E-state index in [0.717, 1.165) is 17.5 Å². The predicted octanol–water partition coefficient (Wildman–Crippen LogP) is 3.36. The zero-order valence-electron chi connectivity index (χ0n) is 16.8. The van der Waals surface area contributed by atoms with Gasteiger partial charge in [-0.2, -0.15) is 4.31 Å². The maximum Gasteiger partial charge on any atom is 0.243 e. The molecule has 1 aliphatic heterocycles. The number of sulfonamides is 1. The van der Waals surface area contributed by atoms with E-state index < -0.39 is 10.0 Å². The molecule has 3 rings (SSSR count). The van der Waals surface area contributed by atoms with Crippen LogP contribution in [0.2, 0.25) is 0 Å². The third-order valence-corrected chi connectivity index (χ3v) is 7.19. The molecule has 150 valence electrons. The number of rotatable bonds is 5. The van der Waals surface area contributed by atoms with Crippen LogP contribution in [0.25, 0.3) is 0 Å². The van der Waals surface area contributed by atoms with Gasteiger partial charge in [0.2, 0.25) is 15.9 Å². The second-order valence-corrected chi connectivity index (χ2v) is 9.63.